The molecule has 0 spiro atoms. The number of nitrogens with two attached hydrogens (primary N) is 1. The lowest BCUT2D eigenvalue weighted by Crippen LogP contribution is -2.37. The van der Waals surface area contributed by atoms with Gasteiger partial charge in [-0.25, -0.2) is 0 Å². The Balaban J connectivity index is 2.87. The van der Waals surface area contributed by atoms with Crippen LogP contribution in [0.4, 0.5) is 5.69 Å². The molecule has 0 fully saturated rings. The topological polar surface area (TPSA) is 144 Å². The summed E-state index contributed by atoms with van der Waals surface area (Å²) < 4.78 is 0. The quantitative estimate of drug-likeness (QED) is 0.356. The van der Waals surface area contributed by atoms with Crippen LogP contribution in [0.1, 0.15) is 30.6 Å². The number of aliphatic carboxylic acids is 1. The molecule has 10 heteroatoms. The van der Waals surface area contributed by atoms with Crippen LogP contribution >= 0.6 is 11.8 Å². The van der Waals surface area contributed by atoms with Crippen LogP contribution in [0.15, 0.2) is 23.1 Å². The molecule has 0 bridgehead atoms. The van der Waals surface area contributed by atoms with Gasteiger partial charge in [0.2, 0.25) is 11.8 Å². The van der Waals surface area contributed by atoms with Crippen LogP contribution in [0.5, 0.6) is 0 Å². The van der Waals surface area contributed by atoms with E-state index in [1.165, 1.54) is 17.0 Å². The van der Waals surface area contributed by atoms with Gasteiger partial charge >= 0.3 is 5.97 Å². The second-order valence-electron chi connectivity index (χ2n) is 5.97. The minimum Gasteiger partial charge on any atom is -0.481 e. The van der Waals surface area contributed by atoms with E-state index < -0.39 is 16.8 Å². The largest absolute Gasteiger partial charge is 0.481 e. The van der Waals surface area contributed by atoms with E-state index in [1.54, 1.807) is 0 Å². The monoisotopic (exact) mass is 383 g/mol. The molecule has 0 saturated heterocycles. The fourth-order valence-electron chi connectivity index (χ4n) is 2.16. The molecule has 0 unspecified atom stereocenters. The molecule has 0 aliphatic heterocycles. The van der Waals surface area contributed by atoms with Gasteiger partial charge in [-0.1, -0.05) is 13.8 Å². The summed E-state index contributed by atoms with van der Waals surface area (Å²) in [6.07, 6.45) is -0.170. The highest BCUT2D eigenvalue weighted by molar-refractivity contribution is 8.00. The molecule has 0 aliphatic rings. The van der Waals surface area contributed by atoms with Gasteiger partial charge in [0.15, 0.2) is 0 Å². The second-order valence-corrected chi connectivity index (χ2v) is 6.99. The smallest absolute Gasteiger partial charge is 0.305 e. The van der Waals surface area contributed by atoms with Crippen molar-refractivity contribution in [3.8, 4) is 0 Å². The van der Waals surface area contributed by atoms with Crippen molar-refractivity contribution >= 4 is 35.2 Å². The average Bonchev–Trinajstić information content (AvgIpc) is 2.55. The van der Waals surface area contributed by atoms with E-state index >= 15 is 0 Å². The van der Waals surface area contributed by atoms with Gasteiger partial charge in [0.1, 0.15) is 0 Å². The fraction of sp³-hybridized carbons (Fsp3) is 0.438. The molecule has 0 aliphatic carbocycles. The number of carboxylic acids is 1. The number of benzene rings is 1. The molecule has 26 heavy (non-hydrogen) atoms. The number of thioether (sulfide) groups is 1. The summed E-state index contributed by atoms with van der Waals surface area (Å²) in [5.74, 6) is -2.02. The van der Waals surface area contributed by atoms with Crippen LogP contribution < -0.4 is 5.73 Å². The molecule has 1 aromatic carbocycles. The highest BCUT2D eigenvalue weighted by Crippen LogP contribution is 2.30. The number of carbonyl (C=O) groups is 3. The molecule has 0 atom stereocenters. The maximum atomic E-state index is 12.4. The summed E-state index contributed by atoms with van der Waals surface area (Å²) in [4.78, 5) is 46.5. The first-order valence-corrected chi connectivity index (χ1v) is 8.81. The lowest BCUT2D eigenvalue weighted by Gasteiger charge is -2.23. The Hall–Kier alpha value is -2.62. The number of amides is 2. The number of carboxylic acid groups (broad SMARTS) is 1. The summed E-state index contributed by atoms with van der Waals surface area (Å²) in [6.45, 7) is 4.29. The predicted octanol–water partition coefficient (Wildman–Crippen LogP) is 1.75. The molecule has 0 aromatic heterocycles. The van der Waals surface area contributed by atoms with Gasteiger partial charge in [0.05, 0.1) is 22.0 Å². The van der Waals surface area contributed by atoms with E-state index in [4.69, 9.17) is 10.8 Å². The van der Waals surface area contributed by atoms with Gasteiger partial charge in [0.25, 0.3) is 5.69 Å². The summed E-state index contributed by atoms with van der Waals surface area (Å²) in [6, 6.07) is 3.81. The first-order valence-electron chi connectivity index (χ1n) is 7.82. The Kier molecular flexibility index (Phi) is 8.04. The summed E-state index contributed by atoms with van der Waals surface area (Å²) in [7, 11) is 0. The number of nitro groups is 1. The van der Waals surface area contributed by atoms with Crippen LogP contribution in [0, 0.1) is 16.0 Å². The highest BCUT2D eigenvalue weighted by atomic mass is 32.2. The molecular weight excluding hydrogens is 362 g/mol. The third kappa shape index (κ3) is 6.71. The molecule has 1 aromatic rings. The second kappa shape index (κ2) is 9.76. The van der Waals surface area contributed by atoms with Crippen LogP contribution in [-0.2, 0) is 9.59 Å². The summed E-state index contributed by atoms with van der Waals surface area (Å²) in [5.41, 5.74) is 4.83. The molecular formula is C16H21N3O6S. The zero-order valence-electron chi connectivity index (χ0n) is 14.5. The maximum Gasteiger partial charge on any atom is 0.305 e. The molecule has 3 N–H and O–H groups in total. The van der Waals surface area contributed by atoms with Gasteiger partial charge in [-0.15, -0.1) is 11.8 Å². The Labute approximate surface area is 154 Å². The van der Waals surface area contributed by atoms with Crippen molar-refractivity contribution in [3.05, 3.63) is 33.9 Å². The van der Waals surface area contributed by atoms with Crippen molar-refractivity contribution in [2.45, 2.75) is 25.2 Å². The zero-order chi connectivity index (χ0) is 19.9. The number of hydrogen-bond donors (Lipinski definition) is 2. The molecule has 0 saturated carbocycles. The van der Waals surface area contributed by atoms with Gasteiger partial charge in [-0.2, -0.15) is 0 Å². The number of carbonyl (C=O) groups excluding carboxylic acids is 2. The number of primary amides is 1. The minimum absolute atomic E-state index is 0.00951. The number of rotatable bonds is 10. The van der Waals surface area contributed by atoms with E-state index in [2.05, 4.69) is 0 Å². The standard InChI is InChI=1S/C16H21N3O6S/c1-10(2)8-18(6-5-15(21)22)14(20)9-26-13-4-3-11(16(17)23)7-12(13)19(24)25/h3-4,7,10H,5-6,8-9H2,1-2H3,(H2,17,23)(H,21,22). The first kappa shape index (κ1) is 21.4. The van der Waals surface area contributed by atoms with Gasteiger partial charge in [0, 0.05) is 24.7 Å². The van der Waals surface area contributed by atoms with E-state index in [-0.39, 0.29) is 46.7 Å². The zero-order valence-corrected chi connectivity index (χ0v) is 15.3. The Morgan fingerprint density at radius 3 is 2.50 bits per heavy atom. The van der Waals surface area contributed by atoms with Crippen molar-refractivity contribution in [3.63, 3.8) is 0 Å². The predicted molar refractivity (Wildman–Crippen MR) is 96.0 cm³/mol. The van der Waals surface area contributed by atoms with Crippen LogP contribution in [0.25, 0.3) is 0 Å². The lowest BCUT2D eigenvalue weighted by atomic mass is 10.2. The van der Waals surface area contributed by atoms with Crippen molar-refractivity contribution < 1.29 is 24.4 Å². The van der Waals surface area contributed by atoms with Gasteiger partial charge < -0.3 is 15.7 Å². The maximum absolute atomic E-state index is 12.4. The van der Waals surface area contributed by atoms with Crippen LogP contribution in [0.3, 0.4) is 0 Å². The molecule has 1 rings (SSSR count). The fourth-order valence-corrected chi connectivity index (χ4v) is 3.06. The highest BCUT2D eigenvalue weighted by Gasteiger charge is 2.21. The van der Waals surface area contributed by atoms with Crippen molar-refractivity contribution in [2.75, 3.05) is 18.8 Å². The van der Waals surface area contributed by atoms with Crippen LogP contribution in [0.2, 0.25) is 0 Å². The Morgan fingerprint density at radius 1 is 1.35 bits per heavy atom. The lowest BCUT2D eigenvalue weighted by molar-refractivity contribution is -0.387. The molecule has 0 radical (unpaired) electrons. The number of nitrogens with zero attached hydrogens (tertiary/aromatic N) is 2. The minimum atomic E-state index is -1.00. The number of hydrogen-bond acceptors (Lipinski definition) is 6. The summed E-state index contributed by atoms with van der Waals surface area (Å²) >= 11 is 0.961. The van der Waals surface area contributed by atoms with Crippen LogP contribution in [-0.4, -0.2) is 51.6 Å². The Bertz CT molecular complexity index is 707. The van der Waals surface area contributed by atoms with E-state index in [0.717, 1.165) is 17.8 Å². The third-order valence-electron chi connectivity index (χ3n) is 3.33. The first-order chi connectivity index (χ1) is 12.1. The van der Waals surface area contributed by atoms with Crippen molar-refractivity contribution in [2.24, 2.45) is 11.7 Å². The van der Waals surface area contributed by atoms with Crippen molar-refractivity contribution in [1.29, 1.82) is 0 Å². The molecule has 2 amide bonds. The molecule has 142 valence electrons. The van der Waals surface area contributed by atoms with E-state index in [1.807, 2.05) is 13.8 Å². The molecule has 9 nitrogen and oxygen atoms in total. The van der Waals surface area contributed by atoms with E-state index in [9.17, 15) is 24.5 Å². The van der Waals surface area contributed by atoms with Crippen molar-refractivity contribution in [1.82, 2.24) is 4.90 Å². The third-order valence-corrected chi connectivity index (χ3v) is 4.37. The molecule has 0 heterocycles. The SMILES string of the molecule is CC(C)CN(CCC(=O)O)C(=O)CSc1ccc(C(N)=O)cc1[N+](=O)[O-]. The normalized spacial score (nSPS) is 10.6. The Morgan fingerprint density at radius 2 is 2.00 bits per heavy atom. The van der Waals surface area contributed by atoms with E-state index in [0.29, 0.717) is 6.54 Å². The summed E-state index contributed by atoms with van der Waals surface area (Å²) in [5, 5.41) is 20.0. The number of nitro benzene ring substituents is 1. The van der Waals surface area contributed by atoms with Gasteiger partial charge in [-0.05, 0) is 18.1 Å². The van der Waals surface area contributed by atoms with Gasteiger partial charge in [-0.3, -0.25) is 24.5 Å². The average molecular weight is 383 g/mol.